The number of fused-ring (bicyclic) bond motifs is 2. The van der Waals surface area contributed by atoms with Crippen molar-refractivity contribution >= 4 is 19.2 Å². The van der Waals surface area contributed by atoms with Crippen molar-refractivity contribution in [2.75, 3.05) is 20.8 Å². The number of carbonyl (C=O) groups excluding carboxylic acids is 2. The summed E-state index contributed by atoms with van der Waals surface area (Å²) in [6.07, 6.45) is 1.49. The molecule has 0 N–H and O–H groups in total. The summed E-state index contributed by atoms with van der Waals surface area (Å²) in [4.78, 5) is 30.2. The summed E-state index contributed by atoms with van der Waals surface area (Å²) in [6.45, 7) is 0.576. The predicted molar refractivity (Wildman–Crippen MR) is 56.9 cm³/mol. The predicted octanol–water partition coefficient (Wildman–Crippen LogP) is -0.659. The summed E-state index contributed by atoms with van der Waals surface area (Å²) >= 11 is 0. The zero-order valence-electron chi connectivity index (χ0n) is 9.51. The zero-order chi connectivity index (χ0) is 11.7. The lowest BCUT2D eigenvalue weighted by Gasteiger charge is -2.28. The van der Waals surface area contributed by atoms with E-state index in [9.17, 15) is 9.59 Å². The Morgan fingerprint density at radius 1 is 1.44 bits per heavy atom. The second-order valence-electron chi connectivity index (χ2n) is 4.09. The van der Waals surface area contributed by atoms with E-state index in [0.29, 0.717) is 13.0 Å². The maximum atomic E-state index is 11.9. The summed E-state index contributed by atoms with van der Waals surface area (Å²) < 4.78 is 4.82. The molecule has 0 saturated carbocycles. The van der Waals surface area contributed by atoms with Crippen LogP contribution in [0.5, 0.6) is 0 Å². The topological polar surface area (TPSA) is 59.1 Å². The minimum Gasteiger partial charge on any atom is -0.434 e. The molecular formula is C9H15BN2O4. The van der Waals surface area contributed by atoms with Crippen molar-refractivity contribution in [1.82, 2.24) is 9.96 Å². The molecule has 16 heavy (non-hydrogen) atoms. The minimum atomic E-state index is -0.344. The standard InChI is InChI=1S/C9H15BN2O4/c1-15-10-8(13)7-4-3-6-5-11(7)9(14)12(6)16-2/h6-7,10H,3-5H2,1-2H3/t6-,7+/m1/s1. The Labute approximate surface area is 94.7 Å². The molecule has 0 radical (unpaired) electrons. The normalized spacial score (nSPS) is 28.5. The van der Waals surface area contributed by atoms with Crippen LogP contribution in [0.2, 0.25) is 0 Å². The van der Waals surface area contributed by atoms with E-state index in [4.69, 9.17) is 9.49 Å². The van der Waals surface area contributed by atoms with Crippen LogP contribution in [0.1, 0.15) is 12.8 Å². The Morgan fingerprint density at radius 3 is 2.81 bits per heavy atom. The van der Waals surface area contributed by atoms with Crippen molar-refractivity contribution in [1.29, 1.82) is 0 Å². The number of nitrogens with zero attached hydrogens (tertiary/aromatic N) is 2. The van der Waals surface area contributed by atoms with Crippen molar-refractivity contribution in [3.05, 3.63) is 0 Å². The molecule has 0 aliphatic carbocycles. The molecule has 2 fully saturated rings. The third-order valence-corrected chi connectivity index (χ3v) is 3.18. The third-order valence-electron chi connectivity index (χ3n) is 3.18. The van der Waals surface area contributed by atoms with Crippen molar-refractivity contribution in [2.45, 2.75) is 24.9 Å². The molecule has 2 rings (SSSR count). The highest BCUT2D eigenvalue weighted by Crippen LogP contribution is 2.29. The first-order chi connectivity index (χ1) is 7.69. The molecular weight excluding hydrogens is 211 g/mol. The molecule has 0 aromatic heterocycles. The molecule has 6 nitrogen and oxygen atoms in total. The van der Waals surface area contributed by atoms with Crippen LogP contribution in [0.25, 0.3) is 0 Å². The largest absolute Gasteiger partial charge is 0.434 e. The number of amides is 2. The van der Waals surface area contributed by atoms with Crippen molar-refractivity contribution in [3.63, 3.8) is 0 Å². The minimum absolute atomic E-state index is 0.0350. The highest BCUT2D eigenvalue weighted by Gasteiger charge is 2.47. The second kappa shape index (κ2) is 4.43. The number of hydrogen-bond acceptors (Lipinski definition) is 4. The van der Waals surface area contributed by atoms with Crippen LogP contribution in [0.3, 0.4) is 0 Å². The number of piperidine rings is 1. The summed E-state index contributed by atoms with van der Waals surface area (Å²) in [5.74, 6) is 0. The first-order valence-electron chi connectivity index (χ1n) is 5.34. The number of carbonyl (C=O) groups is 2. The van der Waals surface area contributed by atoms with Crippen LogP contribution in [0.4, 0.5) is 4.79 Å². The Morgan fingerprint density at radius 2 is 2.19 bits per heavy atom. The van der Waals surface area contributed by atoms with Crippen LogP contribution in [-0.2, 0) is 14.3 Å². The Bertz CT molecular complexity index is 312. The first-order valence-corrected chi connectivity index (χ1v) is 5.34. The molecule has 88 valence electrons. The summed E-state index contributed by atoms with van der Waals surface area (Å²) in [5.41, 5.74) is -0.0350. The van der Waals surface area contributed by atoms with Gasteiger partial charge in [-0.05, 0) is 12.8 Å². The lowest BCUT2D eigenvalue weighted by atomic mass is 9.82. The van der Waals surface area contributed by atoms with E-state index in [1.54, 1.807) is 4.90 Å². The van der Waals surface area contributed by atoms with Crippen molar-refractivity contribution in [2.24, 2.45) is 0 Å². The van der Waals surface area contributed by atoms with E-state index < -0.39 is 0 Å². The molecule has 0 aromatic rings. The molecule has 2 saturated heterocycles. The lowest BCUT2D eigenvalue weighted by Crippen LogP contribution is -2.47. The fourth-order valence-corrected chi connectivity index (χ4v) is 2.44. The fraction of sp³-hybridized carbons (Fsp3) is 0.778. The monoisotopic (exact) mass is 226 g/mol. The molecule has 2 heterocycles. The third kappa shape index (κ3) is 1.70. The average Bonchev–Trinajstić information content (AvgIpc) is 2.52. The highest BCUT2D eigenvalue weighted by atomic mass is 16.7. The van der Waals surface area contributed by atoms with E-state index in [-0.39, 0.29) is 31.3 Å². The fourth-order valence-electron chi connectivity index (χ4n) is 2.44. The van der Waals surface area contributed by atoms with Crippen LogP contribution < -0.4 is 0 Å². The number of hydrogen-bond donors (Lipinski definition) is 0. The first kappa shape index (κ1) is 11.4. The van der Waals surface area contributed by atoms with Crippen molar-refractivity contribution < 1.29 is 19.1 Å². The van der Waals surface area contributed by atoms with Gasteiger partial charge in [-0.15, -0.1) is 0 Å². The number of rotatable bonds is 4. The van der Waals surface area contributed by atoms with E-state index in [2.05, 4.69) is 0 Å². The van der Waals surface area contributed by atoms with Gasteiger partial charge in [-0.3, -0.25) is 4.84 Å². The molecule has 7 heteroatoms. The van der Waals surface area contributed by atoms with Crippen LogP contribution in [0, 0.1) is 0 Å². The van der Waals surface area contributed by atoms with Gasteiger partial charge in [-0.25, -0.2) is 4.79 Å². The molecule has 0 aromatic carbocycles. The van der Waals surface area contributed by atoms with Gasteiger partial charge >= 0.3 is 13.5 Å². The van der Waals surface area contributed by atoms with Gasteiger partial charge in [0.15, 0.2) is 0 Å². The van der Waals surface area contributed by atoms with E-state index in [0.717, 1.165) is 6.42 Å². The maximum Gasteiger partial charge on any atom is 0.353 e. The van der Waals surface area contributed by atoms with E-state index in [1.165, 1.54) is 19.3 Å². The Hall–Kier alpha value is -1.08. The van der Waals surface area contributed by atoms with Gasteiger partial charge in [-0.1, -0.05) is 0 Å². The quantitative estimate of drug-likeness (QED) is 0.597. The SMILES string of the molecule is COBC(=O)[C@@H]1CC[C@@H]2CN1C(=O)N2OC. The summed E-state index contributed by atoms with van der Waals surface area (Å²) in [6, 6.07) is -0.465. The molecule has 2 bridgehead atoms. The summed E-state index contributed by atoms with van der Waals surface area (Å²) in [5, 5.41) is 1.36. The van der Waals surface area contributed by atoms with Gasteiger partial charge in [0.1, 0.15) is 5.68 Å². The van der Waals surface area contributed by atoms with Gasteiger partial charge in [0.25, 0.3) is 0 Å². The van der Waals surface area contributed by atoms with Gasteiger partial charge < -0.3 is 14.3 Å². The van der Waals surface area contributed by atoms with Crippen LogP contribution >= 0.6 is 0 Å². The second-order valence-corrected chi connectivity index (χ2v) is 4.09. The van der Waals surface area contributed by atoms with Crippen molar-refractivity contribution in [3.8, 4) is 0 Å². The van der Waals surface area contributed by atoms with Gasteiger partial charge in [0, 0.05) is 13.7 Å². The van der Waals surface area contributed by atoms with E-state index >= 15 is 0 Å². The smallest absolute Gasteiger partial charge is 0.353 e. The lowest BCUT2D eigenvalue weighted by molar-refractivity contribution is -0.117. The summed E-state index contributed by atoms with van der Waals surface area (Å²) in [7, 11) is 3.02. The molecule has 0 unspecified atom stereocenters. The van der Waals surface area contributed by atoms with Gasteiger partial charge in [0.05, 0.1) is 19.2 Å². The van der Waals surface area contributed by atoms with Gasteiger partial charge in [-0.2, -0.15) is 5.06 Å². The molecule has 2 aliphatic rings. The highest BCUT2D eigenvalue weighted by molar-refractivity contribution is 6.70. The van der Waals surface area contributed by atoms with Gasteiger partial charge in [0.2, 0.25) is 0 Å². The van der Waals surface area contributed by atoms with E-state index in [1.807, 2.05) is 0 Å². The number of urea groups is 1. The molecule has 2 aliphatic heterocycles. The van der Waals surface area contributed by atoms with Crippen LogP contribution in [-0.4, -0.2) is 62.0 Å². The molecule has 2 amide bonds. The molecule has 0 spiro atoms. The Kier molecular flexibility index (Phi) is 3.16. The zero-order valence-corrected chi connectivity index (χ0v) is 9.51. The number of hydroxylamine groups is 2. The van der Waals surface area contributed by atoms with Crippen LogP contribution in [0.15, 0.2) is 0 Å². The maximum absolute atomic E-state index is 11.9. The molecule has 2 atom stereocenters. The Balaban J connectivity index is 2.10. The average molecular weight is 226 g/mol.